The van der Waals surface area contributed by atoms with Crippen LogP contribution in [0.5, 0.6) is 0 Å². The fourth-order valence-corrected chi connectivity index (χ4v) is 2.57. The number of hydrogen-bond acceptors (Lipinski definition) is 5. The lowest BCUT2D eigenvalue weighted by Crippen LogP contribution is -2.50. The lowest BCUT2D eigenvalue weighted by molar-refractivity contribution is -0.149. The Morgan fingerprint density at radius 3 is 2.80 bits per heavy atom. The van der Waals surface area contributed by atoms with Gasteiger partial charge >= 0.3 is 0 Å². The Morgan fingerprint density at radius 2 is 2.08 bits per heavy atom. The molecule has 25 heavy (non-hydrogen) atoms. The van der Waals surface area contributed by atoms with Gasteiger partial charge in [0.1, 0.15) is 12.3 Å². The van der Waals surface area contributed by atoms with Crippen LogP contribution in [0.4, 0.5) is 0 Å². The van der Waals surface area contributed by atoms with E-state index in [-0.39, 0.29) is 30.2 Å². The summed E-state index contributed by atoms with van der Waals surface area (Å²) in [7, 11) is 0. The van der Waals surface area contributed by atoms with E-state index in [0.717, 1.165) is 11.3 Å². The van der Waals surface area contributed by atoms with Gasteiger partial charge in [-0.25, -0.2) is 4.98 Å². The Balaban J connectivity index is 1.53. The Labute approximate surface area is 146 Å². The number of morpholine rings is 1. The number of aromatic nitrogens is 2. The second kappa shape index (κ2) is 7.85. The van der Waals surface area contributed by atoms with Crippen molar-refractivity contribution in [2.45, 2.75) is 19.6 Å². The first kappa shape index (κ1) is 17.0. The Kier molecular flexibility index (Phi) is 5.35. The van der Waals surface area contributed by atoms with E-state index in [1.165, 1.54) is 6.20 Å². The average molecular weight is 340 g/mol. The van der Waals surface area contributed by atoms with Crippen LogP contribution in [-0.4, -0.2) is 52.5 Å². The van der Waals surface area contributed by atoms with Gasteiger partial charge in [0.05, 0.1) is 18.0 Å². The SMILES string of the molecule is Cc1cnc(C(=O)NCC2CN(Cc3ccccc3)C(=O)CO2)cn1. The molecule has 1 saturated heterocycles. The molecule has 1 aliphatic rings. The van der Waals surface area contributed by atoms with E-state index in [2.05, 4.69) is 15.3 Å². The summed E-state index contributed by atoms with van der Waals surface area (Å²) < 4.78 is 5.52. The van der Waals surface area contributed by atoms with Crippen molar-refractivity contribution >= 4 is 11.8 Å². The minimum Gasteiger partial charge on any atom is -0.365 e. The predicted molar refractivity (Wildman–Crippen MR) is 90.7 cm³/mol. The molecular formula is C18H20N4O3. The highest BCUT2D eigenvalue weighted by molar-refractivity contribution is 5.91. The zero-order valence-corrected chi connectivity index (χ0v) is 14.0. The van der Waals surface area contributed by atoms with Crippen LogP contribution >= 0.6 is 0 Å². The van der Waals surface area contributed by atoms with Gasteiger partial charge in [-0.05, 0) is 12.5 Å². The van der Waals surface area contributed by atoms with Crippen LogP contribution < -0.4 is 5.32 Å². The molecule has 2 amide bonds. The summed E-state index contributed by atoms with van der Waals surface area (Å²) in [6, 6.07) is 9.79. The molecule has 1 N–H and O–H groups in total. The first-order chi connectivity index (χ1) is 12.1. The zero-order valence-electron chi connectivity index (χ0n) is 14.0. The molecule has 3 rings (SSSR count). The molecule has 1 unspecified atom stereocenters. The van der Waals surface area contributed by atoms with Crippen LogP contribution in [0.25, 0.3) is 0 Å². The van der Waals surface area contributed by atoms with E-state index in [9.17, 15) is 9.59 Å². The van der Waals surface area contributed by atoms with E-state index in [1.807, 2.05) is 37.3 Å². The number of carbonyl (C=O) groups is 2. The van der Waals surface area contributed by atoms with E-state index in [0.29, 0.717) is 19.6 Å². The van der Waals surface area contributed by atoms with Crippen molar-refractivity contribution in [2.24, 2.45) is 0 Å². The first-order valence-corrected chi connectivity index (χ1v) is 8.12. The molecule has 130 valence electrons. The molecule has 0 spiro atoms. The second-order valence-corrected chi connectivity index (χ2v) is 5.95. The molecule has 2 aromatic rings. The maximum absolute atomic E-state index is 12.1. The van der Waals surface area contributed by atoms with Gasteiger partial charge in [0, 0.05) is 25.8 Å². The number of amides is 2. The van der Waals surface area contributed by atoms with Crippen molar-refractivity contribution in [1.29, 1.82) is 0 Å². The third-order valence-electron chi connectivity index (χ3n) is 3.94. The fraction of sp³-hybridized carbons (Fsp3) is 0.333. The number of nitrogens with one attached hydrogen (secondary N) is 1. The van der Waals surface area contributed by atoms with Crippen molar-refractivity contribution in [2.75, 3.05) is 19.7 Å². The monoisotopic (exact) mass is 340 g/mol. The van der Waals surface area contributed by atoms with Gasteiger partial charge in [0.2, 0.25) is 5.91 Å². The first-order valence-electron chi connectivity index (χ1n) is 8.12. The van der Waals surface area contributed by atoms with E-state index >= 15 is 0 Å². The van der Waals surface area contributed by atoms with Gasteiger partial charge < -0.3 is 15.0 Å². The van der Waals surface area contributed by atoms with Crippen molar-refractivity contribution in [1.82, 2.24) is 20.2 Å². The number of ether oxygens (including phenoxy) is 1. The molecular weight excluding hydrogens is 320 g/mol. The molecule has 0 bridgehead atoms. The maximum atomic E-state index is 12.1. The minimum absolute atomic E-state index is 0.0255. The Bertz CT molecular complexity index is 734. The van der Waals surface area contributed by atoms with Gasteiger partial charge in [-0.3, -0.25) is 14.6 Å². The molecule has 2 heterocycles. The Morgan fingerprint density at radius 1 is 1.28 bits per heavy atom. The van der Waals surface area contributed by atoms with Crippen molar-refractivity contribution < 1.29 is 14.3 Å². The normalized spacial score (nSPS) is 17.4. The number of nitrogens with zero attached hydrogens (tertiary/aromatic N) is 3. The highest BCUT2D eigenvalue weighted by Crippen LogP contribution is 2.11. The van der Waals surface area contributed by atoms with Crippen LogP contribution in [0.1, 0.15) is 21.7 Å². The highest BCUT2D eigenvalue weighted by Gasteiger charge is 2.26. The number of aryl methyl sites for hydroxylation is 1. The van der Waals surface area contributed by atoms with Gasteiger partial charge in [0.15, 0.2) is 0 Å². The van der Waals surface area contributed by atoms with E-state index in [4.69, 9.17) is 4.74 Å². The van der Waals surface area contributed by atoms with Crippen molar-refractivity contribution in [3.63, 3.8) is 0 Å². The molecule has 1 atom stereocenters. The summed E-state index contributed by atoms with van der Waals surface area (Å²) in [4.78, 5) is 34.0. The van der Waals surface area contributed by atoms with Crippen molar-refractivity contribution in [3.05, 3.63) is 59.7 Å². The lowest BCUT2D eigenvalue weighted by Gasteiger charge is -2.32. The van der Waals surface area contributed by atoms with Crippen LogP contribution in [0.3, 0.4) is 0 Å². The molecule has 7 nitrogen and oxygen atoms in total. The summed E-state index contributed by atoms with van der Waals surface area (Å²) in [5.41, 5.74) is 2.08. The summed E-state index contributed by atoms with van der Waals surface area (Å²) in [6.45, 7) is 3.12. The minimum atomic E-state index is -0.303. The zero-order chi connectivity index (χ0) is 17.6. The van der Waals surface area contributed by atoms with Gasteiger partial charge in [-0.1, -0.05) is 30.3 Å². The highest BCUT2D eigenvalue weighted by atomic mass is 16.5. The molecule has 7 heteroatoms. The summed E-state index contributed by atoms with van der Waals surface area (Å²) >= 11 is 0. The quantitative estimate of drug-likeness (QED) is 0.876. The van der Waals surface area contributed by atoms with Gasteiger partial charge in [-0.2, -0.15) is 0 Å². The molecule has 0 saturated carbocycles. The van der Waals surface area contributed by atoms with Gasteiger partial charge in [-0.15, -0.1) is 0 Å². The average Bonchev–Trinajstić information content (AvgIpc) is 2.63. The van der Waals surface area contributed by atoms with Gasteiger partial charge in [0.25, 0.3) is 5.91 Å². The third kappa shape index (κ3) is 4.60. The molecule has 1 fully saturated rings. The number of rotatable bonds is 5. The molecule has 1 aliphatic heterocycles. The van der Waals surface area contributed by atoms with Crippen LogP contribution in [0, 0.1) is 6.92 Å². The number of hydrogen-bond donors (Lipinski definition) is 1. The summed E-state index contributed by atoms with van der Waals surface area (Å²) in [6.07, 6.45) is 2.74. The molecule has 1 aromatic carbocycles. The maximum Gasteiger partial charge on any atom is 0.271 e. The topological polar surface area (TPSA) is 84.4 Å². The van der Waals surface area contributed by atoms with E-state index < -0.39 is 0 Å². The van der Waals surface area contributed by atoms with Crippen LogP contribution in [-0.2, 0) is 16.1 Å². The number of carbonyl (C=O) groups excluding carboxylic acids is 2. The molecule has 0 aliphatic carbocycles. The van der Waals surface area contributed by atoms with Crippen LogP contribution in [0.2, 0.25) is 0 Å². The molecule has 1 aromatic heterocycles. The predicted octanol–water partition coefficient (Wildman–Crippen LogP) is 0.942. The lowest BCUT2D eigenvalue weighted by atomic mass is 10.2. The number of benzene rings is 1. The second-order valence-electron chi connectivity index (χ2n) is 5.95. The molecule has 0 radical (unpaired) electrons. The van der Waals surface area contributed by atoms with Crippen LogP contribution in [0.15, 0.2) is 42.7 Å². The Hall–Kier alpha value is -2.80. The third-order valence-corrected chi connectivity index (χ3v) is 3.94. The largest absolute Gasteiger partial charge is 0.365 e. The summed E-state index contributed by atoms with van der Waals surface area (Å²) in [5.74, 6) is -0.349. The van der Waals surface area contributed by atoms with E-state index in [1.54, 1.807) is 11.1 Å². The summed E-state index contributed by atoms with van der Waals surface area (Å²) in [5, 5.41) is 2.78. The smallest absolute Gasteiger partial charge is 0.271 e. The fourth-order valence-electron chi connectivity index (χ4n) is 2.57. The standard InChI is InChI=1S/C18H20N4O3/c1-13-7-20-16(9-19-13)18(24)21-8-15-11-22(17(23)12-25-15)10-14-5-3-2-4-6-14/h2-7,9,15H,8,10-12H2,1H3,(H,21,24). The van der Waals surface area contributed by atoms with Crippen molar-refractivity contribution in [3.8, 4) is 0 Å².